The molecule has 18 rings (SSSR count). The summed E-state index contributed by atoms with van der Waals surface area (Å²) in [6.07, 6.45) is 0. The van der Waals surface area contributed by atoms with Crippen LogP contribution in [0.1, 0.15) is 0 Å². The smallest absolute Gasteiger partial charge is 0.145 e. The molecule has 90 heavy (non-hydrogen) atoms. The van der Waals surface area contributed by atoms with Crippen molar-refractivity contribution in [1.29, 1.82) is 0 Å². The monoisotopic (exact) mass is 1150 g/mol. The van der Waals surface area contributed by atoms with Gasteiger partial charge in [-0.25, -0.2) is 0 Å². The third kappa shape index (κ3) is 8.34. The average Bonchev–Trinajstić information content (AvgIpc) is 1.71. The van der Waals surface area contributed by atoms with Crippen molar-refractivity contribution in [2.75, 3.05) is 9.80 Å². The van der Waals surface area contributed by atoms with E-state index >= 15 is 0 Å². The second-order valence-corrected chi connectivity index (χ2v) is 23.2. The zero-order valence-corrected chi connectivity index (χ0v) is 48.8. The van der Waals surface area contributed by atoms with Crippen molar-refractivity contribution in [2.45, 2.75) is 0 Å². The molecule has 0 bridgehead atoms. The van der Waals surface area contributed by atoms with Crippen LogP contribution in [0.2, 0.25) is 0 Å². The lowest BCUT2D eigenvalue weighted by molar-refractivity contribution is 0.672. The van der Waals surface area contributed by atoms with Gasteiger partial charge in [-0.2, -0.15) is 0 Å². The molecule has 4 heterocycles. The molecule has 6 nitrogen and oxygen atoms in total. The molecule has 6 heteroatoms. The fraction of sp³-hybridized carbons (Fsp3) is 0. The van der Waals surface area contributed by atoms with E-state index < -0.39 is 0 Å². The van der Waals surface area contributed by atoms with Gasteiger partial charge >= 0.3 is 0 Å². The van der Waals surface area contributed by atoms with Crippen molar-refractivity contribution < 1.29 is 8.83 Å². The van der Waals surface area contributed by atoms with Crippen molar-refractivity contribution in [2.24, 2.45) is 0 Å². The van der Waals surface area contributed by atoms with Crippen LogP contribution in [0.25, 0.3) is 132 Å². The maximum Gasteiger partial charge on any atom is 0.145 e. The largest absolute Gasteiger partial charge is 0.455 e. The van der Waals surface area contributed by atoms with Crippen LogP contribution in [0.5, 0.6) is 0 Å². The van der Waals surface area contributed by atoms with Crippen LogP contribution in [0, 0.1) is 0 Å². The number of furan rings is 2. The van der Waals surface area contributed by atoms with Crippen LogP contribution in [-0.4, -0.2) is 9.13 Å². The fourth-order valence-corrected chi connectivity index (χ4v) is 13.9. The summed E-state index contributed by atoms with van der Waals surface area (Å²) in [6, 6.07) is 118. The number of benzene rings is 14. The number of nitrogens with zero attached hydrogens (tertiary/aromatic N) is 4. The van der Waals surface area contributed by atoms with Crippen molar-refractivity contribution in [3.05, 3.63) is 328 Å². The van der Waals surface area contributed by atoms with Crippen molar-refractivity contribution in [3.63, 3.8) is 0 Å². The Morgan fingerprint density at radius 1 is 0.211 bits per heavy atom. The molecule has 0 aliphatic carbocycles. The molecular formula is C84H54N4O2. The molecule has 422 valence electrons. The number of anilines is 6. The number of aromatic nitrogens is 2. The molecule has 0 radical (unpaired) electrons. The zero-order valence-electron chi connectivity index (χ0n) is 48.8. The maximum atomic E-state index is 6.95. The van der Waals surface area contributed by atoms with E-state index in [1.165, 1.54) is 11.1 Å². The number of para-hydroxylation sites is 4. The lowest BCUT2D eigenvalue weighted by atomic mass is 10.0. The Labute approximate surface area is 518 Å². The SMILES string of the molecule is c1ccc(-c2ccc3oc4c(ccc5c4c4cc(N(c6ccccc6)c6ccc(-c7ccc(N(c8ccccc8)c8ccc9c(c8)c8c%10oc%11ccc(-c%12ccccc%12)cc%11c%10ccc8n9-c8ccccc8)cc7)cc6)ccc4n5-c4ccccc4)c3c2)cc1. The first-order valence-corrected chi connectivity index (χ1v) is 30.6. The molecule has 0 atom stereocenters. The number of fused-ring (bicyclic) bond motifs is 14. The second kappa shape index (κ2) is 20.8. The Hall–Kier alpha value is -12.1. The van der Waals surface area contributed by atoms with E-state index in [0.717, 1.165) is 155 Å². The predicted octanol–water partition coefficient (Wildman–Crippen LogP) is 23.6. The lowest BCUT2D eigenvalue weighted by Crippen LogP contribution is -2.10. The van der Waals surface area contributed by atoms with Crippen LogP contribution in [0.3, 0.4) is 0 Å². The summed E-state index contributed by atoms with van der Waals surface area (Å²) in [4.78, 5) is 4.71. The normalized spacial score (nSPS) is 11.8. The number of hydrogen-bond donors (Lipinski definition) is 0. The van der Waals surface area contributed by atoms with Crippen LogP contribution in [-0.2, 0) is 0 Å². The fourth-order valence-electron chi connectivity index (χ4n) is 13.9. The minimum Gasteiger partial charge on any atom is -0.455 e. The highest BCUT2D eigenvalue weighted by Crippen LogP contribution is 2.47. The highest BCUT2D eigenvalue weighted by molar-refractivity contribution is 6.26. The standard InChI is InChI=1S/C84H54N4O2/c1-7-19-55(20-8-1)59-35-49-79-71(51-59)69-43-47-77-81(83(69)89-79)73-53-67(41-45-75(73)87(77)63-27-15-5-16-28-63)85(61-23-11-3-12-24-61)65-37-31-57(32-38-65)58-33-39-66(40-34-58)86(62-25-13-4-14-26-62)68-42-46-76-74(54-68)82-78(88(76)64-29-17-6-18-30-64)48-44-70-72-52-60(56-21-9-2-10-22-56)36-50-80(72)90-84(70)82/h1-54H. The van der Waals surface area contributed by atoms with E-state index in [-0.39, 0.29) is 0 Å². The van der Waals surface area contributed by atoms with Crippen molar-refractivity contribution in [1.82, 2.24) is 9.13 Å². The van der Waals surface area contributed by atoms with Gasteiger partial charge in [0.1, 0.15) is 22.3 Å². The lowest BCUT2D eigenvalue weighted by Gasteiger charge is -2.26. The van der Waals surface area contributed by atoms with Crippen LogP contribution in [0.4, 0.5) is 34.1 Å². The van der Waals surface area contributed by atoms with Gasteiger partial charge in [0, 0.05) is 77.8 Å². The van der Waals surface area contributed by atoms with Crippen LogP contribution >= 0.6 is 0 Å². The molecule has 4 aromatic heterocycles. The van der Waals surface area contributed by atoms with Gasteiger partial charge in [0.05, 0.1) is 32.8 Å². The van der Waals surface area contributed by atoms with Crippen molar-refractivity contribution >= 4 is 122 Å². The van der Waals surface area contributed by atoms with E-state index in [1.54, 1.807) is 0 Å². The van der Waals surface area contributed by atoms with Gasteiger partial charge in [0.15, 0.2) is 0 Å². The quantitative estimate of drug-likeness (QED) is 0.129. The maximum absolute atomic E-state index is 6.95. The Kier molecular flexibility index (Phi) is 11.8. The molecule has 0 saturated carbocycles. The summed E-state index contributed by atoms with van der Waals surface area (Å²) in [5, 5.41) is 8.79. The minimum atomic E-state index is 0.869. The average molecular weight is 1150 g/mol. The molecule has 0 spiro atoms. The number of hydrogen-bond acceptors (Lipinski definition) is 4. The zero-order chi connectivity index (χ0) is 59.2. The molecule has 0 fully saturated rings. The first kappa shape index (κ1) is 51.1. The minimum absolute atomic E-state index is 0.869. The molecule has 0 unspecified atom stereocenters. The van der Waals surface area contributed by atoms with Crippen molar-refractivity contribution in [3.8, 4) is 44.8 Å². The second-order valence-electron chi connectivity index (χ2n) is 23.2. The van der Waals surface area contributed by atoms with E-state index in [9.17, 15) is 0 Å². The summed E-state index contributed by atoms with van der Waals surface area (Å²) in [7, 11) is 0. The third-order valence-electron chi connectivity index (χ3n) is 18.1. The van der Waals surface area contributed by atoms with Gasteiger partial charge in [-0.15, -0.1) is 0 Å². The molecule has 0 aliphatic heterocycles. The highest BCUT2D eigenvalue weighted by Gasteiger charge is 2.25. The van der Waals surface area contributed by atoms with Gasteiger partial charge in [0.2, 0.25) is 0 Å². The molecule has 0 aliphatic rings. The Balaban J connectivity index is 0.728. The van der Waals surface area contributed by atoms with Gasteiger partial charge in [-0.05, 0) is 191 Å². The summed E-state index contributed by atoms with van der Waals surface area (Å²) in [5.74, 6) is 0. The molecule has 14 aromatic carbocycles. The van der Waals surface area contributed by atoms with Gasteiger partial charge < -0.3 is 27.8 Å². The summed E-state index contributed by atoms with van der Waals surface area (Å²) < 4.78 is 18.6. The molecule has 0 amide bonds. The number of rotatable bonds is 11. The highest BCUT2D eigenvalue weighted by atomic mass is 16.3. The van der Waals surface area contributed by atoms with E-state index in [2.05, 4.69) is 347 Å². The van der Waals surface area contributed by atoms with Gasteiger partial charge in [0.25, 0.3) is 0 Å². The van der Waals surface area contributed by atoms with Crippen LogP contribution < -0.4 is 9.80 Å². The van der Waals surface area contributed by atoms with Gasteiger partial charge in [-0.3, -0.25) is 0 Å². The van der Waals surface area contributed by atoms with E-state index in [0.29, 0.717) is 0 Å². The summed E-state index contributed by atoms with van der Waals surface area (Å²) in [5.41, 5.74) is 23.3. The van der Waals surface area contributed by atoms with E-state index in [4.69, 9.17) is 8.83 Å². The van der Waals surface area contributed by atoms with Gasteiger partial charge in [-0.1, -0.05) is 170 Å². The summed E-state index contributed by atoms with van der Waals surface area (Å²) in [6.45, 7) is 0. The van der Waals surface area contributed by atoms with E-state index in [1.807, 2.05) is 0 Å². The molecule has 0 saturated heterocycles. The topological polar surface area (TPSA) is 42.6 Å². The van der Waals surface area contributed by atoms with Crippen LogP contribution in [0.15, 0.2) is 336 Å². The summed E-state index contributed by atoms with van der Waals surface area (Å²) >= 11 is 0. The first-order chi connectivity index (χ1) is 44.6. The predicted molar refractivity (Wildman–Crippen MR) is 375 cm³/mol. The molecule has 18 aromatic rings. The first-order valence-electron chi connectivity index (χ1n) is 30.6. The molecular weight excluding hydrogens is 1100 g/mol. The Morgan fingerprint density at radius 3 is 0.911 bits per heavy atom. The Morgan fingerprint density at radius 2 is 0.522 bits per heavy atom. The third-order valence-corrected chi connectivity index (χ3v) is 18.1. The Bertz CT molecular complexity index is 5380. The molecule has 0 N–H and O–H groups in total.